The monoisotopic (exact) mass is 143 g/mol. The first-order valence-electron chi connectivity index (χ1n) is 3.80. The van der Waals surface area contributed by atoms with Crippen LogP contribution < -0.4 is 0 Å². The maximum atomic E-state index is 5.47. The van der Waals surface area contributed by atoms with Gasteiger partial charge in [0.2, 0.25) is 0 Å². The zero-order valence-electron chi connectivity index (χ0n) is 6.41. The smallest absolute Gasteiger partial charge is 0.139 e. The van der Waals surface area contributed by atoms with E-state index in [1.165, 1.54) is 0 Å². The second-order valence-corrected chi connectivity index (χ2v) is 2.92. The van der Waals surface area contributed by atoms with Gasteiger partial charge in [0.15, 0.2) is 0 Å². The van der Waals surface area contributed by atoms with Crippen LogP contribution in [-0.4, -0.2) is 43.5 Å². The Morgan fingerprint density at radius 2 is 2.50 bits per heavy atom. The highest BCUT2D eigenvalue weighted by Crippen LogP contribution is 2.35. The molecule has 3 unspecified atom stereocenters. The molecule has 3 nitrogen and oxygen atoms in total. The highest BCUT2D eigenvalue weighted by Gasteiger charge is 2.54. The Kier molecular flexibility index (Phi) is 1.44. The third-order valence-corrected chi connectivity index (χ3v) is 2.14. The largest absolute Gasteiger partial charge is 0.364 e. The molecule has 0 aromatic carbocycles. The van der Waals surface area contributed by atoms with Gasteiger partial charge in [-0.25, -0.2) is 0 Å². The van der Waals surface area contributed by atoms with Crippen LogP contribution in [0.3, 0.4) is 0 Å². The third-order valence-electron chi connectivity index (χ3n) is 2.14. The van der Waals surface area contributed by atoms with Crippen molar-refractivity contribution in [1.82, 2.24) is 4.90 Å². The number of ether oxygens (including phenoxy) is 2. The molecule has 2 fully saturated rings. The molecule has 2 heterocycles. The van der Waals surface area contributed by atoms with Gasteiger partial charge in [0.05, 0.1) is 0 Å². The predicted molar refractivity (Wildman–Crippen MR) is 36.7 cm³/mol. The van der Waals surface area contributed by atoms with Crippen LogP contribution in [0, 0.1) is 0 Å². The number of hydrogen-bond donors (Lipinski definition) is 0. The van der Waals surface area contributed by atoms with Gasteiger partial charge in [-0.2, -0.15) is 0 Å². The van der Waals surface area contributed by atoms with E-state index in [-0.39, 0.29) is 6.23 Å². The van der Waals surface area contributed by atoms with Crippen molar-refractivity contribution in [2.75, 3.05) is 20.2 Å². The summed E-state index contributed by atoms with van der Waals surface area (Å²) in [5.41, 5.74) is 0. The molecule has 0 amide bonds. The Morgan fingerprint density at radius 3 is 3.00 bits per heavy atom. The van der Waals surface area contributed by atoms with Crippen molar-refractivity contribution in [2.24, 2.45) is 0 Å². The van der Waals surface area contributed by atoms with Gasteiger partial charge in [-0.1, -0.05) is 0 Å². The van der Waals surface area contributed by atoms with Gasteiger partial charge in [-0.3, -0.25) is 4.90 Å². The van der Waals surface area contributed by atoms with E-state index in [1.807, 2.05) is 6.92 Å². The van der Waals surface area contributed by atoms with Gasteiger partial charge in [-0.15, -0.1) is 0 Å². The Labute approximate surface area is 60.9 Å². The van der Waals surface area contributed by atoms with Crippen LogP contribution in [0.25, 0.3) is 0 Å². The second-order valence-electron chi connectivity index (χ2n) is 2.92. The molecule has 58 valence electrons. The van der Waals surface area contributed by atoms with Crippen LogP contribution in [-0.2, 0) is 9.47 Å². The standard InChI is InChI=1S/C7H13NO2/c1-3-9-7-6-5(10-6)4-8(7)2/h5-7H,3-4H2,1-2H3. The number of epoxide rings is 1. The van der Waals surface area contributed by atoms with E-state index in [0.29, 0.717) is 12.2 Å². The van der Waals surface area contributed by atoms with E-state index in [0.717, 1.165) is 13.2 Å². The lowest BCUT2D eigenvalue weighted by Crippen LogP contribution is -2.33. The molecule has 0 saturated carbocycles. The third kappa shape index (κ3) is 0.856. The second kappa shape index (κ2) is 2.19. The normalized spacial score (nSPS) is 45.6. The van der Waals surface area contributed by atoms with E-state index in [1.54, 1.807) is 0 Å². The molecule has 2 aliphatic heterocycles. The van der Waals surface area contributed by atoms with Crippen molar-refractivity contribution in [3.8, 4) is 0 Å². The molecular weight excluding hydrogens is 130 g/mol. The summed E-state index contributed by atoms with van der Waals surface area (Å²) in [6, 6.07) is 0. The minimum atomic E-state index is 0.231. The molecule has 0 bridgehead atoms. The van der Waals surface area contributed by atoms with Gasteiger partial charge in [0.1, 0.15) is 18.4 Å². The molecular formula is C7H13NO2. The minimum absolute atomic E-state index is 0.231. The number of rotatable bonds is 2. The summed E-state index contributed by atoms with van der Waals surface area (Å²) >= 11 is 0. The van der Waals surface area contributed by atoms with E-state index in [4.69, 9.17) is 9.47 Å². The fourth-order valence-electron chi connectivity index (χ4n) is 1.59. The number of likely N-dealkylation sites (tertiary alicyclic amines) is 1. The summed E-state index contributed by atoms with van der Waals surface area (Å²) in [4.78, 5) is 2.21. The SMILES string of the molecule is CCOC1C2OC2CN1C. The van der Waals surface area contributed by atoms with Crippen LogP contribution in [0.1, 0.15) is 6.92 Å². The molecule has 0 aromatic heterocycles. The molecule has 10 heavy (non-hydrogen) atoms. The van der Waals surface area contributed by atoms with Gasteiger partial charge >= 0.3 is 0 Å². The van der Waals surface area contributed by atoms with E-state index < -0.39 is 0 Å². The lowest BCUT2D eigenvalue weighted by atomic mass is 10.4. The maximum Gasteiger partial charge on any atom is 0.139 e. The Bertz CT molecular complexity index is 138. The molecule has 3 atom stereocenters. The minimum Gasteiger partial charge on any atom is -0.364 e. The van der Waals surface area contributed by atoms with Crippen molar-refractivity contribution in [1.29, 1.82) is 0 Å². The lowest BCUT2D eigenvalue weighted by molar-refractivity contribution is -0.0541. The summed E-state index contributed by atoms with van der Waals surface area (Å²) in [6.07, 6.45) is 1.08. The zero-order chi connectivity index (χ0) is 7.14. The predicted octanol–water partition coefficient (Wildman–Crippen LogP) is 0.0618. The number of hydrogen-bond acceptors (Lipinski definition) is 3. The zero-order valence-corrected chi connectivity index (χ0v) is 6.41. The number of likely N-dealkylation sites (N-methyl/N-ethyl adjacent to an activating group) is 1. The quantitative estimate of drug-likeness (QED) is 0.511. The van der Waals surface area contributed by atoms with Crippen molar-refractivity contribution in [3.63, 3.8) is 0 Å². The van der Waals surface area contributed by atoms with E-state index in [2.05, 4.69) is 11.9 Å². The van der Waals surface area contributed by atoms with Crippen LogP contribution >= 0.6 is 0 Å². The first-order valence-corrected chi connectivity index (χ1v) is 3.80. The fraction of sp³-hybridized carbons (Fsp3) is 1.00. The Morgan fingerprint density at radius 1 is 1.70 bits per heavy atom. The average molecular weight is 143 g/mol. The number of morpholine rings is 1. The maximum absolute atomic E-state index is 5.47. The summed E-state index contributed by atoms with van der Waals surface area (Å²) in [5.74, 6) is 0. The first kappa shape index (κ1) is 6.58. The van der Waals surface area contributed by atoms with Gasteiger partial charge in [0, 0.05) is 13.2 Å². The van der Waals surface area contributed by atoms with E-state index >= 15 is 0 Å². The summed E-state index contributed by atoms with van der Waals surface area (Å²) in [7, 11) is 2.08. The molecule has 0 aromatic rings. The lowest BCUT2D eigenvalue weighted by Gasteiger charge is -2.20. The fourth-order valence-corrected chi connectivity index (χ4v) is 1.59. The average Bonchev–Trinajstić information content (AvgIpc) is 2.57. The van der Waals surface area contributed by atoms with Crippen molar-refractivity contribution < 1.29 is 9.47 Å². The van der Waals surface area contributed by atoms with Gasteiger partial charge in [-0.05, 0) is 14.0 Å². The topological polar surface area (TPSA) is 25.0 Å². The summed E-state index contributed by atoms with van der Waals surface area (Å²) in [6.45, 7) is 3.83. The summed E-state index contributed by atoms with van der Waals surface area (Å²) in [5, 5.41) is 0. The van der Waals surface area contributed by atoms with Crippen molar-refractivity contribution in [3.05, 3.63) is 0 Å². The molecule has 0 aliphatic carbocycles. The Balaban J connectivity index is 1.92. The van der Waals surface area contributed by atoms with Crippen LogP contribution in [0.5, 0.6) is 0 Å². The Hall–Kier alpha value is -0.120. The molecule has 0 N–H and O–H groups in total. The highest BCUT2D eigenvalue weighted by molar-refractivity contribution is 4.99. The highest BCUT2D eigenvalue weighted by atomic mass is 16.6. The van der Waals surface area contributed by atoms with Crippen LogP contribution in [0.2, 0.25) is 0 Å². The molecule has 2 rings (SSSR count). The molecule has 0 radical (unpaired) electrons. The number of fused-ring (bicyclic) bond motifs is 1. The number of nitrogens with zero attached hydrogens (tertiary/aromatic N) is 1. The van der Waals surface area contributed by atoms with Gasteiger partial charge < -0.3 is 9.47 Å². The molecule has 2 aliphatic rings. The van der Waals surface area contributed by atoms with Gasteiger partial charge in [0.25, 0.3) is 0 Å². The summed E-state index contributed by atoms with van der Waals surface area (Å²) < 4.78 is 10.8. The first-order chi connectivity index (χ1) is 4.83. The molecule has 3 heteroatoms. The van der Waals surface area contributed by atoms with Crippen molar-refractivity contribution in [2.45, 2.75) is 25.4 Å². The van der Waals surface area contributed by atoms with Crippen molar-refractivity contribution >= 4 is 0 Å². The molecule has 2 saturated heterocycles. The van der Waals surface area contributed by atoms with E-state index in [9.17, 15) is 0 Å². The molecule has 0 spiro atoms. The van der Waals surface area contributed by atoms with Crippen LogP contribution in [0.15, 0.2) is 0 Å². The van der Waals surface area contributed by atoms with Crippen LogP contribution in [0.4, 0.5) is 0 Å².